The van der Waals surface area contributed by atoms with Crippen LogP contribution in [0.1, 0.15) is 18.4 Å². The van der Waals surface area contributed by atoms with Gasteiger partial charge in [0.1, 0.15) is 0 Å². The van der Waals surface area contributed by atoms with Gasteiger partial charge in [-0.2, -0.15) is 5.26 Å². The van der Waals surface area contributed by atoms with Gasteiger partial charge in [-0.25, -0.2) is 0 Å². The van der Waals surface area contributed by atoms with Crippen LogP contribution in [0.4, 0.5) is 17.1 Å². The lowest BCUT2D eigenvalue weighted by molar-refractivity contribution is 0.292. The van der Waals surface area contributed by atoms with E-state index >= 15 is 0 Å². The zero-order valence-corrected chi connectivity index (χ0v) is 20.4. The summed E-state index contributed by atoms with van der Waals surface area (Å²) < 4.78 is 0. The average Bonchev–Trinajstić information content (AvgIpc) is 2.89. The van der Waals surface area contributed by atoms with Crippen molar-refractivity contribution in [2.45, 2.75) is 12.8 Å². The zero-order chi connectivity index (χ0) is 24.2. The molecule has 3 aromatic carbocycles. The first kappa shape index (κ1) is 22.9. The Morgan fingerprint density at radius 3 is 2.51 bits per heavy atom. The number of pyridine rings is 1. The summed E-state index contributed by atoms with van der Waals surface area (Å²) in [5.41, 5.74) is 7.19. The number of nitriles is 1. The highest BCUT2D eigenvalue weighted by Gasteiger charge is 2.20. The third-order valence-electron chi connectivity index (χ3n) is 6.74. The van der Waals surface area contributed by atoms with Crippen molar-refractivity contribution in [3.8, 4) is 17.2 Å². The molecule has 0 spiro atoms. The van der Waals surface area contributed by atoms with Crippen LogP contribution in [0.3, 0.4) is 0 Å². The second-order valence-corrected chi connectivity index (χ2v) is 9.67. The van der Waals surface area contributed by atoms with Crippen molar-refractivity contribution in [2.75, 3.05) is 43.9 Å². The minimum atomic E-state index is 0.666. The van der Waals surface area contributed by atoms with Crippen molar-refractivity contribution in [1.29, 1.82) is 5.26 Å². The van der Waals surface area contributed by atoms with E-state index < -0.39 is 0 Å². The molecule has 0 bridgehead atoms. The zero-order valence-electron chi connectivity index (χ0n) is 20.4. The van der Waals surface area contributed by atoms with Crippen LogP contribution in [0.5, 0.6) is 0 Å². The van der Waals surface area contributed by atoms with E-state index in [0.717, 1.165) is 59.0 Å². The molecule has 1 unspecified atom stereocenters. The Bertz CT molecular complexity index is 1340. The maximum absolute atomic E-state index is 9.08. The predicted molar refractivity (Wildman–Crippen MR) is 145 cm³/mol. The number of fused-ring (bicyclic) bond motifs is 1. The van der Waals surface area contributed by atoms with Gasteiger partial charge in [0.15, 0.2) is 0 Å². The highest BCUT2D eigenvalue weighted by molar-refractivity contribution is 5.95. The molecule has 1 aliphatic heterocycles. The van der Waals surface area contributed by atoms with Gasteiger partial charge in [-0.15, -0.1) is 0 Å². The van der Waals surface area contributed by atoms with Crippen molar-refractivity contribution in [1.82, 2.24) is 9.88 Å². The van der Waals surface area contributed by atoms with E-state index in [4.69, 9.17) is 5.26 Å². The molecule has 0 aliphatic carbocycles. The van der Waals surface area contributed by atoms with E-state index in [1.54, 1.807) is 0 Å². The molecule has 2 heterocycles. The molecule has 5 rings (SSSR count). The SMILES string of the molecule is CN(C)CC1CCCN(c2ccc(Nc3ccnc4ccc(-c5ccc(C#N)cc5)cc34)cc2)C1. The van der Waals surface area contributed by atoms with Gasteiger partial charge in [0.2, 0.25) is 0 Å². The number of rotatable bonds is 6. The summed E-state index contributed by atoms with van der Waals surface area (Å²) >= 11 is 0. The van der Waals surface area contributed by atoms with Crippen LogP contribution in [-0.4, -0.2) is 43.6 Å². The summed E-state index contributed by atoms with van der Waals surface area (Å²) in [7, 11) is 4.32. The fourth-order valence-electron chi connectivity index (χ4n) is 5.05. The molecule has 1 atom stereocenters. The lowest BCUT2D eigenvalue weighted by atomic mass is 9.97. The topological polar surface area (TPSA) is 55.2 Å². The minimum Gasteiger partial charge on any atom is -0.371 e. The third kappa shape index (κ3) is 5.29. The molecule has 0 saturated carbocycles. The summed E-state index contributed by atoms with van der Waals surface area (Å²) in [6.07, 6.45) is 4.41. The smallest absolute Gasteiger partial charge is 0.0991 e. The van der Waals surface area contributed by atoms with Crippen molar-refractivity contribution >= 4 is 28.0 Å². The Hall–Kier alpha value is -3.88. The predicted octanol–water partition coefficient (Wildman–Crippen LogP) is 6.30. The van der Waals surface area contributed by atoms with E-state index in [1.807, 2.05) is 36.5 Å². The molecule has 5 nitrogen and oxygen atoms in total. The first-order chi connectivity index (χ1) is 17.1. The van der Waals surface area contributed by atoms with Crippen LogP contribution < -0.4 is 10.2 Å². The van der Waals surface area contributed by atoms with Crippen LogP contribution in [-0.2, 0) is 0 Å². The van der Waals surface area contributed by atoms with E-state index in [9.17, 15) is 0 Å². The summed E-state index contributed by atoms with van der Waals surface area (Å²) in [5.74, 6) is 0.727. The Kier molecular flexibility index (Phi) is 6.65. The number of piperidine rings is 1. The second-order valence-electron chi connectivity index (χ2n) is 9.67. The number of benzene rings is 3. The molecule has 0 radical (unpaired) electrons. The number of hydrogen-bond donors (Lipinski definition) is 1. The van der Waals surface area contributed by atoms with Crippen LogP contribution in [0.15, 0.2) is 79.0 Å². The van der Waals surface area contributed by atoms with Gasteiger partial charge < -0.3 is 15.1 Å². The van der Waals surface area contributed by atoms with Crippen LogP contribution in [0.25, 0.3) is 22.0 Å². The first-order valence-electron chi connectivity index (χ1n) is 12.2. The molecule has 35 heavy (non-hydrogen) atoms. The van der Waals surface area contributed by atoms with Gasteiger partial charge in [-0.1, -0.05) is 18.2 Å². The highest BCUT2D eigenvalue weighted by atomic mass is 15.2. The quantitative estimate of drug-likeness (QED) is 0.365. The Morgan fingerprint density at radius 1 is 1.00 bits per heavy atom. The van der Waals surface area contributed by atoms with Gasteiger partial charge in [0.05, 0.1) is 17.1 Å². The number of anilines is 3. The van der Waals surface area contributed by atoms with Crippen LogP contribution >= 0.6 is 0 Å². The molecule has 1 aliphatic rings. The molecule has 5 heteroatoms. The highest BCUT2D eigenvalue weighted by Crippen LogP contribution is 2.31. The monoisotopic (exact) mass is 461 g/mol. The number of aromatic nitrogens is 1. The van der Waals surface area contributed by atoms with Gasteiger partial charge in [-0.05, 0) is 98.6 Å². The summed E-state index contributed by atoms with van der Waals surface area (Å²) in [4.78, 5) is 9.37. The van der Waals surface area contributed by atoms with Gasteiger partial charge in [0.25, 0.3) is 0 Å². The standard InChI is InChI=1S/C30H31N5/c1-34(2)20-23-4-3-17-35(21-23)27-12-10-26(11-13-27)33-30-15-16-32-29-14-9-25(18-28(29)30)24-7-5-22(19-31)6-8-24/h5-16,18,23H,3-4,17,20-21H2,1-2H3,(H,32,33). The molecule has 1 aromatic heterocycles. The summed E-state index contributed by atoms with van der Waals surface area (Å²) in [6, 6.07) is 27.0. The fraction of sp³-hybridized carbons (Fsp3) is 0.267. The van der Waals surface area contributed by atoms with E-state index in [2.05, 4.69) is 82.7 Å². The van der Waals surface area contributed by atoms with Crippen molar-refractivity contribution in [2.24, 2.45) is 5.92 Å². The normalized spacial score (nSPS) is 15.8. The second kappa shape index (κ2) is 10.2. The Labute approximate surface area is 207 Å². The lowest BCUT2D eigenvalue weighted by Gasteiger charge is -2.35. The first-order valence-corrected chi connectivity index (χ1v) is 12.2. The number of nitrogens with one attached hydrogen (secondary N) is 1. The molecule has 176 valence electrons. The third-order valence-corrected chi connectivity index (χ3v) is 6.74. The van der Waals surface area contributed by atoms with Crippen LogP contribution in [0.2, 0.25) is 0 Å². The van der Waals surface area contributed by atoms with Gasteiger partial charge >= 0.3 is 0 Å². The molecular weight excluding hydrogens is 430 g/mol. The molecule has 0 amide bonds. The maximum atomic E-state index is 9.08. The summed E-state index contributed by atoms with van der Waals surface area (Å²) in [6.45, 7) is 3.40. The lowest BCUT2D eigenvalue weighted by Crippen LogP contribution is -2.39. The molecule has 1 saturated heterocycles. The van der Waals surface area contributed by atoms with Crippen molar-refractivity contribution < 1.29 is 0 Å². The Morgan fingerprint density at radius 2 is 1.77 bits per heavy atom. The largest absolute Gasteiger partial charge is 0.371 e. The molecule has 1 N–H and O–H groups in total. The van der Waals surface area contributed by atoms with Crippen molar-refractivity contribution in [3.63, 3.8) is 0 Å². The summed E-state index contributed by atoms with van der Waals surface area (Å²) in [5, 5.41) is 13.8. The van der Waals surface area contributed by atoms with Crippen LogP contribution in [0, 0.1) is 17.2 Å². The minimum absolute atomic E-state index is 0.666. The van der Waals surface area contributed by atoms with E-state index in [-0.39, 0.29) is 0 Å². The fourth-order valence-corrected chi connectivity index (χ4v) is 5.05. The van der Waals surface area contributed by atoms with Crippen molar-refractivity contribution in [3.05, 3.63) is 84.6 Å². The average molecular weight is 462 g/mol. The molecule has 4 aromatic rings. The number of nitrogens with zero attached hydrogens (tertiary/aromatic N) is 4. The van der Waals surface area contributed by atoms with E-state index in [0.29, 0.717) is 5.56 Å². The maximum Gasteiger partial charge on any atom is 0.0991 e. The van der Waals surface area contributed by atoms with E-state index in [1.165, 1.54) is 18.5 Å². The number of hydrogen-bond acceptors (Lipinski definition) is 5. The Balaban J connectivity index is 1.36. The molecule has 1 fully saturated rings. The van der Waals surface area contributed by atoms with Gasteiger partial charge in [0, 0.05) is 48.3 Å². The molecular formula is C30H31N5. The van der Waals surface area contributed by atoms with Gasteiger partial charge in [-0.3, -0.25) is 4.98 Å².